The summed E-state index contributed by atoms with van der Waals surface area (Å²) in [7, 11) is -1.46. The van der Waals surface area contributed by atoms with E-state index in [4.69, 9.17) is 4.42 Å². The summed E-state index contributed by atoms with van der Waals surface area (Å²) in [6.07, 6.45) is 0. The lowest BCUT2D eigenvalue weighted by Crippen LogP contribution is -2.32. The number of para-hydroxylation sites is 2. The standard InChI is InChI=1S/C14H12BNO3S/c17-15(18)11-6-2-1-5-10(11)9-20-14-16-12-7-3-4-8-13(12)19-14/h1-8,17-18H,9H2. The Morgan fingerprint density at radius 2 is 1.80 bits per heavy atom. The van der Waals surface area contributed by atoms with Crippen molar-refractivity contribution in [2.24, 2.45) is 0 Å². The number of hydrogen-bond acceptors (Lipinski definition) is 5. The molecule has 100 valence electrons. The number of thioether (sulfide) groups is 1. The van der Waals surface area contributed by atoms with Gasteiger partial charge in [-0.2, -0.15) is 0 Å². The van der Waals surface area contributed by atoms with Gasteiger partial charge in [0.1, 0.15) is 5.52 Å². The molecule has 1 aromatic heterocycles. The first kappa shape index (κ1) is 13.2. The fraction of sp³-hybridized carbons (Fsp3) is 0.0714. The molecule has 0 atom stereocenters. The van der Waals surface area contributed by atoms with Gasteiger partial charge in [-0.15, -0.1) is 0 Å². The SMILES string of the molecule is OB(O)c1ccccc1CSc1nc2ccccc2o1. The minimum Gasteiger partial charge on any atom is -0.431 e. The molecule has 0 amide bonds. The number of aromatic nitrogens is 1. The lowest BCUT2D eigenvalue weighted by atomic mass is 9.77. The first-order valence-electron chi connectivity index (χ1n) is 6.16. The van der Waals surface area contributed by atoms with Crippen LogP contribution in [0.5, 0.6) is 0 Å². The van der Waals surface area contributed by atoms with Gasteiger partial charge in [-0.3, -0.25) is 0 Å². The largest absolute Gasteiger partial charge is 0.488 e. The first-order valence-corrected chi connectivity index (χ1v) is 7.15. The quantitative estimate of drug-likeness (QED) is 0.565. The molecule has 2 N–H and O–H groups in total. The average Bonchev–Trinajstić information content (AvgIpc) is 2.88. The van der Waals surface area contributed by atoms with Crippen LogP contribution in [0.1, 0.15) is 5.56 Å². The Morgan fingerprint density at radius 3 is 2.60 bits per heavy atom. The number of hydrogen-bond donors (Lipinski definition) is 2. The number of oxazole rings is 1. The number of nitrogens with zero attached hydrogens (tertiary/aromatic N) is 1. The van der Waals surface area contributed by atoms with Crippen molar-refractivity contribution in [3.05, 3.63) is 54.1 Å². The smallest absolute Gasteiger partial charge is 0.431 e. The molecular formula is C14H12BNO3S. The van der Waals surface area contributed by atoms with E-state index >= 15 is 0 Å². The van der Waals surface area contributed by atoms with E-state index in [0.29, 0.717) is 16.4 Å². The molecule has 0 aliphatic rings. The van der Waals surface area contributed by atoms with Gasteiger partial charge in [0.2, 0.25) is 0 Å². The summed E-state index contributed by atoms with van der Waals surface area (Å²) < 4.78 is 5.62. The maximum absolute atomic E-state index is 9.32. The Kier molecular flexibility index (Phi) is 3.78. The van der Waals surface area contributed by atoms with E-state index in [1.54, 1.807) is 12.1 Å². The molecule has 0 saturated heterocycles. The molecule has 0 radical (unpaired) electrons. The Labute approximate surface area is 120 Å². The monoisotopic (exact) mass is 285 g/mol. The van der Waals surface area contributed by atoms with Gasteiger partial charge in [0.15, 0.2) is 5.58 Å². The van der Waals surface area contributed by atoms with Crippen molar-refractivity contribution in [1.29, 1.82) is 0 Å². The molecule has 2 aromatic carbocycles. The highest BCUT2D eigenvalue weighted by Crippen LogP contribution is 2.25. The zero-order chi connectivity index (χ0) is 13.9. The van der Waals surface area contributed by atoms with Gasteiger partial charge in [-0.05, 0) is 23.2 Å². The summed E-state index contributed by atoms with van der Waals surface area (Å²) >= 11 is 1.43. The summed E-state index contributed by atoms with van der Waals surface area (Å²) in [4.78, 5) is 4.37. The van der Waals surface area contributed by atoms with Gasteiger partial charge in [0.05, 0.1) is 0 Å². The predicted octanol–water partition coefficient (Wildman–Crippen LogP) is 1.80. The van der Waals surface area contributed by atoms with Crippen molar-refractivity contribution >= 4 is 35.4 Å². The van der Waals surface area contributed by atoms with E-state index in [1.165, 1.54) is 11.8 Å². The van der Waals surface area contributed by atoms with Crippen LogP contribution in [0.2, 0.25) is 0 Å². The van der Waals surface area contributed by atoms with Crippen molar-refractivity contribution in [2.75, 3.05) is 0 Å². The molecule has 0 aliphatic carbocycles. The lowest BCUT2D eigenvalue weighted by Gasteiger charge is -2.06. The fourth-order valence-electron chi connectivity index (χ4n) is 1.97. The lowest BCUT2D eigenvalue weighted by molar-refractivity contribution is 0.425. The Morgan fingerprint density at radius 1 is 1.05 bits per heavy atom. The highest BCUT2D eigenvalue weighted by molar-refractivity contribution is 7.98. The maximum Gasteiger partial charge on any atom is 0.488 e. The summed E-state index contributed by atoms with van der Waals surface area (Å²) in [5, 5.41) is 19.2. The molecule has 3 aromatic rings. The van der Waals surface area contributed by atoms with Crippen LogP contribution in [0, 0.1) is 0 Å². The molecule has 6 heteroatoms. The molecule has 20 heavy (non-hydrogen) atoms. The zero-order valence-corrected chi connectivity index (χ0v) is 11.4. The molecule has 0 spiro atoms. The van der Waals surface area contributed by atoms with Crippen LogP contribution in [-0.2, 0) is 5.75 Å². The van der Waals surface area contributed by atoms with Crippen LogP contribution >= 0.6 is 11.8 Å². The minimum atomic E-state index is -1.46. The number of fused-ring (bicyclic) bond motifs is 1. The van der Waals surface area contributed by atoms with Crippen LogP contribution in [0.15, 0.2) is 58.2 Å². The number of benzene rings is 2. The topological polar surface area (TPSA) is 66.5 Å². The van der Waals surface area contributed by atoms with Gasteiger partial charge in [-0.25, -0.2) is 4.98 Å². The van der Waals surface area contributed by atoms with Crippen LogP contribution < -0.4 is 5.46 Å². The Hall–Kier alpha value is -1.76. The van der Waals surface area contributed by atoms with E-state index in [-0.39, 0.29) is 0 Å². The molecule has 0 bridgehead atoms. The normalized spacial score (nSPS) is 10.9. The van der Waals surface area contributed by atoms with E-state index in [2.05, 4.69) is 4.98 Å². The van der Waals surface area contributed by atoms with Gasteiger partial charge < -0.3 is 14.5 Å². The average molecular weight is 285 g/mol. The highest BCUT2D eigenvalue weighted by atomic mass is 32.2. The Balaban J connectivity index is 1.79. The van der Waals surface area contributed by atoms with Gasteiger partial charge in [0, 0.05) is 5.75 Å². The fourth-order valence-corrected chi connectivity index (χ4v) is 2.82. The third-order valence-corrected chi connectivity index (χ3v) is 3.84. The Bertz CT molecular complexity index is 696. The molecule has 0 saturated carbocycles. The minimum absolute atomic E-state index is 0.510. The van der Waals surface area contributed by atoms with Crippen LogP contribution in [0.4, 0.5) is 0 Å². The van der Waals surface area contributed by atoms with Gasteiger partial charge in [-0.1, -0.05) is 48.2 Å². The van der Waals surface area contributed by atoms with Crippen molar-refractivity contribution in [3.8, 4) is 0 Å². The van der Waals surface area contributed by atoms with Gasteiger partial charge >= 0.3 is 7.12 Å². The third-order valence-electron chi connectivity index (χ3n) is 2.96. The first-order chi connectivity index (χ1) is 9.74. The molecule has 0 aliphatic heterocycles. The molecule has 4 nitrogen and oxygen atoms in total. The van der Waals surface area contributed by atoms with Crippen LogP contribution in [-0.4, -0.2) is 22.2 Å². The van der Waals surface area contributed by atoms with E-state index in [1.807, 2.05) is 36.4 Å². The zero-order valence-electron chi connectivity index (χ0n) is 10.6. The van der Waals surface area contributed by atoms with Crippen LogP contribution in [0.25, 0.3) is 11.1 Å². The van der Waals surface area contributed by atoms with Crippen LogP contribution in [0.3, 0.4) is 0 Å². The van der Waals surface area contributed by atoms with Crippen molar-refractivity contribution in [2.45, 2.75) is 11.0 Å². The number of rotatable bonds is 4. The highest BCUT2D eigenvalue weighted by Gasteiger charge is 2.16. The van der Waals surface area contributed by atoms with Crippen molar-refractivity contribution in [3.63, 3.8) is 0 Å². The summed E-state index contributed by atoms with van der Waals surface area (Å²) in [5.74, 6) is 0.570. The molecular weight excluding hydrogens is 273 g/mol. The molecule has 0 fully saturated rings. The van der Waals surface area contributed by atoms with Gasteiger partial charge in [0.25, 0.3) is 5.22 Å². The van der Waals surface area contributed by atoms with E-state index in [9.17, 15) is 10.0 Å². The van der Waals surface area contributed by atoms with Crippen molar-refractivity contribution < 1.29 is 14.5 Å². The predicted molar refractivity (Wildman–Crippen MR) is 79.8 cm³/mol. The third kappa shape index (κ3) is 2.72. The second kappa shape index (κ2) is 5.70. The second-order valence-corrected chi connectivity index (χ2v) is 5.24. The molecule has 3 rings (SSSR count). The molecule has 0 unspecified atom stereocenters. The molecule has 1 heterocycles. The second-order valence-electron chi connectivity index (χ2n) is 4.31. The summed E-state index contributed by atoms with van der Waals surface area (Å²) in [6, 6.07) is 14.8. The van der Waals surface area contributed by atoms with E-state index in [0.717, 1.165) is 16.7 Å². The van der Waals surface area contributed by atoms with Crippen molar-refractivity contribution in [1.82, 2.24) is 4.98 Å². The summed E-state index contributed by atoms with van der Waals surface area (Å²) in [5.41, 5.74) is 2.95. The van der Waals surface area contributed by atoms with E-state index < -0.39 is 7.12 Å². The summed E-state index contributed by atoms with van der Waals surface area (Å²) in [6.45, 7) is 0. The maximum atomic E-state index is 9.32.